The molecule has 0 aromatic heterocycles. The van der Waals surface area contributed by atoms with Crippen LogP contribution in [0.4, 0.5) is 0 Å². The molecule has 0 aliphatic heterocycles. The highest BCUT2D eigenvalue weighted by molar-refractivity contribution is 5.81. The second-order valence-electron chi connectivity index (χ2n) is 6.72. The fourth-order valence-electron chi connectivity index (χ4n) is 3.73. The third-order valence-electron chi connectivity index (χ3n) is 4.91. The van der Waals surface area contributed by atoms with E-state index in [0.29, 0.717) is 5.92 Å². The highest BCUT2D eigenvalue weighted by atomic mass is 14.3. The molecule has 1 nitrogen and oxygen atoms in total. The van der Waals surface area contributed by atoms with Gasteiger partial charge in [0.1, 0.15) is 0 Å². The second kappa shape index (κ2) is 8.31. The van der Waals surface area contributed by atoms with Crippen molar-refractivity contribution in [2.45, 2.75) is 78.1 Å². The summed E-state index contributed by atoms with van der Waals surface area (Å²) in [6.45, 7) is 6.75. The molecule has 0 fully saturated rings. The van der Waals surface area contributed by atoms with Gasteiger partial charge in [0.15, 0.2) is 0 Å². The summed E-state index contributed by atoms with van der Waals surface area (Å²) >= 11 is 0. The molecule has 0 amide bonds. The van der Waals surface area contributed by atoms with Gasteiger partial charge >= 0.3 is 0 Å². The molecule has 1 aromatic carbocycles. The fourth-order valence-corrected chi connectivity index (χ4v) is 3.73. The minimum Gasteiger partial charge on any atom is -0.308 e. The van der Waals surface area contributed by atoms with Crippen molar-refractivity contribution in [1.82, 2.24) is 0 Å². The van der Waals surface area contributed by atoms with Crippen molar-refractivity contribution in [2.75, 3.05) is 0 Å². The summed E-state index contributed by atoms with van der Waals surface area (Å²) in [4.78, 5) is 0. The van der Waals surface area contributed by atoms with E-state index in [2.05, 4.69) is 39.0 Å². The summed E-state index contributed by atoms with van der Waals surface area (Å²) in [5.74, 6) is 0.519. The molecule has 22 heavy (non-hydrogen) atoms. The topological polar surface area (TPSA) is 23.9 Å². The van der Waals surface area contributed by atoms with Crippen molar-refractivity contribution >= 4 is 6.21 Å². The van der Waals surface area contributed by atoms with Crippen molar-refractivity contribution in [3.8, 4) is 0 Å². The third kappa shape index (κ3) is 4.09. The zero-order valence-corrected chi connectivity index (χ0v) is 14.5. The van der Waals surface area contributed by atoms with Crippen LogP contribution in [0.15, 0.2) is 23.8 Å². The number of hydrogen-bond donors (Lipinski definition) is 1. The number of unbranched alkanes of at least 4 members (excludes halogenated alkanes) is 2. The molecular formula is C21H31N. The molecule has 1 aliphatic carbocycles. The summed E-state index contributed by atoms with van der Waals surface area (Å²) in [7, 11) is 0. The van der Waals surface area contributed by atoms with E-state index in [1.807, 2.05) is 0 Å². The molecular weight excluding hydrogens is 266 g/mol. The van der Waals surface area contributed by atoms with Gasteiger partial charge in [-0.25, -0.2) is 0 Å². The summed E-state index contributed by atoms with van der Waals surface area (Å²) in [6, 6.07) is 4.69. The first-order chi connectivity index (χ1) is 10.7. The Kier molecular flexibility index (Phi) is 6.42. The Hall–Kier alpha value is -1.37. The lowest BCUT2D eigenvalue weighted by Gasteiger charge is -2.25. The third-order valence-corrected chi connectivity index (χ3v) is 4.91. The van der Waals surface area contributed by atoms with Gasteiger partial charge in [0, 0.05) is 12.1 Å². The van der Waals surface area contributed by atoms with E-state index in [9.17, 15) is 0 Å². The molecule has 1 atom stereocenters. The van der Waals surface area contributed by atoms with Gasteiger partial charge in [-0.15, -0.1) is 0 Å². The van der Waals surface area contributed by atoms with Crippen LogP contribution < -0.4 is 0 Å². The van der Waals surface area contributed by atoms with Gasteiger partial charge in [0.25, 0.3) is 0 Å². The van der Waals surface area contributed by atoms with Gasteiger partial charge in [-0.3, -0.25) is 0 Å². The first-order valence-electron chi connectivity index (χ1n) is 9.03. The van der Waals surface area contributed by atoms with Crippen LogP contribution in [0.1, 0.15) is 87.5 Å². The summed E-state index contributed by atoms with van der Waals surface area (Å²) < 4.78 is 0. The van der Waals surface area contributed by atoms with E-state index >= 15 is 0 Å². The van der Waals surface area contributed by atoms with Crippen molar-refractivity contribution in [3.05, 3.63) is 46.0 Å². The second-order valence-corrected chi connectivity index (χ2v) is 6.72. The van der Waals surface area contributed by atoms with Gasteiger partial charge < -0.3 is 5.41 Å². The van der Waals surface area contributed by atoms with Crippen LogP contribution in [0.5, 0.6) is 0 Å². The van der Waals surface area contributed by atoms with E-state index in [4.69, 9.17) is 5.41 Å². The van der Waals surface area contributed by atoms with E-state index in [1.54, 1.807) is 6.21 Å². The standard InChI is InChI=1S/C21H31N/c1-4-6-7-10-17-13-18(5-2)21(20(14-17)15-22)19-11-8-9-16(3)12-19/h12-15,19,22H,4-11H2,1-3H3. The highest BCUT2D eigenvalue weighted by Crippen LogP contribution is 2.35. The predicted octanol–water partition coefficient (Wildman–Crippen LogP) is 6.19. The van der Waals surface area contributed by atoms with Gasteiger partial charge in [-0.1, -0.05) is 44.4 Å². The minimum absolute atomic E-state index is 0.519. The Labute approximate surface area is 136 Å². The Morgan fingerprint density at radius 3 is 2.68 bits per heavy atom. The Morgan fingerprint density at radius 2 is 2.05 bits per heavy atom. The van der Waals surface area contributed by atoms with E-state index in [-0.39, 0.29) is 0 Å². The molecule has 1 N–H and O–H groups in total. The van der Waals surface area contributed by atoms with Crippen molar-refractivity contribution in [1.29, 1.82) is 5.41 Å². The first-order valence-corrected chi connectivity index (χ1v) is 9.03. The normalized spacial score (nSPS) is 18.1. The van der Waals surface area contributed by atoms with Crippen LogP contribution in [0, 0.1) is 5.41 Å². The smallest absolute Gasteiger partial charge is 0.0253 e. The monoisotopic (exact) mass is 297 g/mol. The Bertz CT molecular complexity index is 539. The zero-order valence-electron chi connectivity index (χ0n) is 14.5. The summed E-state index contributed by atoms with van der Waals surface area (Å²) in [5.41, 5.74) is 6.98. The largest absolute Gasteiger partial charge is 0.308 e. The molecule has 1 aliphatic rings. The Balaban J connectivity index is 2.35. The molecule has 0 saturated heterocycles. The number of nitrogens with one attached hydrogen (secondary N) is 1. The van der Waals surface area contributed by atoms with E-state index in [0.717, 1.165) is 18.4 Å². The zero-order chi connectivity index (χ0) is 15.9. The number of benzene rings is 1. The van der Waals surface area contributed by atoms with Gasteiger partial charge in [0.05, 0.1) is 0 Å². The molecule has 2 rings (SSSR count). The molecule has 0 bridgehead atoms. The molecule has 0 spiro atoms. The quantitative estimate of drug-likeness (QED) is 0.352. The number of aryl methyl sites for hydroxylation is 2. The van der Waals surface area contributed by atoms with E-state index in [1.165, 1.54) is 60.8 Å². The average Bonchev–Trinajstić information content (AvgIpc) is 2.54. The van der Waals surface area contributed by atoms with Gasteiger partial charge in [-0.2, -0.15) is 0 Å². The molecule has 0 saturated carbocycles. The van der Waals surface area contributed by atoms with Crippen LogP contribution in [0.2, 0.25) is 0 Å². The van der Waals surface area contributed by atoms with Crippen LogP contribution in [0.3, 0.4) is 0 Å². The van der Waals surface area contributed by atoms with Gasteiger partial charge in [-0.05, 0) is 73.8 Å². The number of rotatable bonds is 7. The van der Waals surface area contributed by atoms with Crippen LogP contribution in [-0.2, 0) is 12.8 Å². The molecule has 0 radical (unpaired) electrons. The van der Waals surface area contributed by atoms with Gasteiger partial charge in [0.2, 0.25) is 0 Å². The number of allylic oxidation sites excluding steroid dienone is 2. The summed E-state index contributed by atoms with van der Waals surface area (Å²) in [6.07, 6.45) is 13.8. The lowest BCUT2D eigenvalue weighted by Crippen LogP contribution is -2.09. The predicted molar refractivity (Wildman–Crippen MR) is 97.3 cm³/mol. The maximum Gasteiger partial charge on any atom is 0.0253 e. The molecule has 0 heterocycles. The Morgan fingerprint density at radius 1 is 1.23 bits per heavy atom. The van der Waals surface area contributed by atoms with Crippen LogP contribution in [0.25, 0.3) is 0 Å². The summed E-state index contributed by atoms with van der Waals surface area (Å²) in [5, 5.41) is 7.89. The van der Waals surface area contributed by atoms with Crippen molar-refractivity contribution < 1.29 is 0 Å². The molecule has 1 unspecified atom stereocenters. The maximum absolute atomic E-state index is 7.89. The highest BCUT2D eigenvalue weighted by Gasteiger charge is 2.19. The minimum atomic E-state index is 0.519. The maximum atomic E-state index is 7.89. The fraction of sp³-hybridized carbons (Fsp3) is 0.571. The molecule has 1 heteroatoms. The lowest BCUT2D eigenvalue weighted by atomic mass is 9.80. The molecule has 120 valence electrons. The number of hydrogen-bond acceptors (Lipinski definition) is 1. The van der Waals surface area contributed by atoms with E-state index < -0.39 is 0 Å². The van der Waals surface area contributed by atoms with Crippen molar-refractivity contribution in [2.24, 2.45) is 0 Å². The van der Waals surface area contributed by atoms with Crippen molar-refractivity contribution in [3.63, 3.8) is 0 Å². The van der Waals surface area contributed by atoms with Crippen LogP contribution in [-0.4, -0.2) is 6.21 Å². The van der Waals surface area contributed by atoms with Crippen LogP contribution >= 0.6 is 0 Å². The SMILES string of the molecule is CCCCCc1cc(C=N)c(C2C=C(C)CCC2)c(CC)c1. The average molecular weight is 297 g/mol. The lowest BCUT2D eigenvalue weighted by molar-refractivity contribution is 0.628. The molecule has 1 aromatic rings. The first kappa shape index (κ1) is 17.0.